The quantitative estimate of drug-likeness (QED) is 0.712. The number of hydrogen-bond acceptors (Lipinski definition) is 3. The van der Waals surface area contributed by atoms with Gasteiger partial charge in [-0.15, -0.1) is 0 Å². The van der Waals surface area contributed by atoms with Gasteiger partial charge in [0.1, 0.15) is 0 Å². The zero-order valence-electron chi connectivity index (χ0n) is 12.5. The molecule has 21 heavy (non-hydrogen) atoms. The average molecular weight is 294 g/mol. The number of carbonyl (C=O) groups is 2. The summed E-state index contributed by atoms with van der Waals surface area (Å²) in [6.07, 6.45) is 0.728. The SMILES string of the molecule is COCCCN(C)C(=O)NCc1ccccc1CC(=O)O. The molecule has 0 bridgehead atoms. The molecule has 0 spiro atoms. The number of amides is 2. The molecule has 0 atom stereocenters. The Kier molecular flexibility index (Phi) is 7.25. The van der Waals surface area contributed by atoms with Gasteiger partial charge in [-0.25, -0.2) is 4.79 Å². The highest BCUT2D eigenvalue weighted by Crippen LogP contribution is 2.09. The summed E-state index contributed by atoms with van der Waals surface area (Å²) in [5.74, 6) is -0.884. The Morgan fingerprint density at radius 3 is 2.57 bits per heavy atom. The molecule has 0 saturated carbocycles. The van der Waals surface area contributed by atoms with Gasteiger partial charge in [0.2, 0.25) is 0 Å². The number of benzene rings is 1. The van der Waals surface area contributed by atoms with E-state index < -0.39 is 5.97 Å². The summed E-state index contributed by atoms with van der Waals surface area (Å²) in [7, 11) is 3.34. The lowest BCUT2D eigenvalue weighted by atomic mass is 10.0. The third-order valence-electron chi connectivity index (χ3n) is 3.08. The summed E-state index contributed by atoms with van der Waals surface area (Å²) < 4.78 is 4.94. The van der Waals surface area contributed by atoms with Crippen molar-refractivity contribution in [1.29, 1.82) is 0 Å². The van der Waals surface area contributed by atoms with E-state index in [1.165, 1.54) is 0 Å². The van der Waals surface area contributed by atoms with E-state index >= 15 is 0 Å². The molecule has 116 valence electrons. The molecule has 0 fully saturated rings. The van der Waals surface area contributed by atoms with Gasteiger partial charge in [0, 0.05) is 33.9 Å². The normalized spacial score (nSPS) is 10.2. The Balaban J connectivity index is 2.50. The van der Waals surface area contributed by atoms with Gasteiger partial charge in [0.15, 0.2) is 0 Å². The standard InChI is InChI=1S/C15H22N2O4/c1-17(8-5-9-21-2)15(20)16-11-13-7-4-3-6-12(13)10-14(18)19/h3-4,6-7H,5,8-11H2,1-2H3,(H,16,20)(H,18,19). The first-order valence-electron chi connectivity index (χ1n) is 6.81. The van der Waals surface area contributed by atoms with Crippen molar-refractivity contribution in [3.05, 3.63) is 35.4 Å². The molecule has 1 aromatic carbocycles. The second kappa shape index (κ2) is 8.97. The molecular weight excluding hydrogens is 272 g/mol. The Bertz CT molecular complexity index is 476. The van der Waals surface area contributed by atoms with E-state index in [2.05, 4.69) is 5.32 Å². The van der Waals surface area contributed by atoms with Crippen LogP contribution in [0.5, 0.6) is 0 Å². The molecule has 0 unspecified atom stereocenters. The van der Waals surface area contributed by atoms with E-state index in [0.29, 0.717) is 25.3 Å². The number of carboxylic acids is 1. The lowest BCUT2D eigenvalue weighted by Crippen LogP contribution is -2.37. The molecule has 0 aliphatic heterocycles. The zero-order chi connectivity index (χ0) is 15.7. The van der Waals surface area contributed by atoms with Crippen molar-refractivity contribution in [1.82, 2.24) is 10.2 Å². The van der Waals surface area contributed by atoms with Crippen LogP contribution in [0.2, 0.25) is 0 Å². The lowest BCUT2D eigenvalue weighted by molar-refractivity contribution is -0.136. The number of rotatable bonds is 8. The topological polar surface area (TPSA) is 78.9 Å². The van der Waals surface area contributed by atoms with Gasteiger partial charge in [0.05, 0.1) is 6.42 Å². The molecule has 0 aliphatic carbocycles. The van der Waals surface area contributed by atoms with Crippen molar-refractivity contribution in [3.8, 4) is 0 Å². The molecular formula is C15H22N2O4. The van der Waals surface area contributed by atoms with Crippen LogP contribution in [0.1, 0.15) is 17.5 Å². The molecule has 0 saturated heterocycles. The highest BCUT2D eigenvalue weighted by Gasteiger charge is 2.10. The first-order chi connectivity index (χ1) is 10.0. The van der Waals surface area contributed by atoms with Crippen LogP contribution in [0, 0.1) is 0 Å². The fraction of sp³-hybridized carbons (Fsp3) is 0.467. The second-order valence-corrected chi connectivity index (χ2v) is 4.77. The van der Waals surface area contributed by atoms with Gasteiger partial charge in [-0.2, -0.15) is 0 Å². The number of urea groups is 1. The van der Waals surface area contributed by atoms with Crippen LogP contribution < -0.4 is 5.32 Å². The smallest absolute Gasteiger partial charge is 0.317 e. The maximum atomic E-state index is 11.9. The predicted molar refractivity (Wildman–Crippen MR) is 79.1 cm³/mol. The summed E-state index contributed by atoms with van der Waals surface area (Å²) in [5.41, 5.74) is 1.53. The molecule has 2 N–H and O–H groups in total. The van der Waals surface area contributed by atoms with Crippen molar-refractivity contribution in [2.75, 3.05) is 27.3 Å². The number of aliphatic carboxylic acids is 1. The van der Waals surface area contributed by atoms with E-state index in [9.17, 15) is 9.59 Å². The van der Waals surface area contributed by atoms with Gasteiger partial charge in [0.25, 0.3) is 0 Å². The molecule has 6 nitrogen and oxygen atoms in total. The molecule has 0 aliphatic rings. The van der Waals surface area contributed by atoms with Crippen LogP contribution in [-0.2, 0) is 22.5 Å². The predicted octanol–water partition coefficient (Wildman–Crippen LogP) is 1.49. The third-order valence-corrected chi connectivity index (χ3v) is 3.08. The van der Waals surface area contributed by atoms with Crippen molar-refractivity contribution in [2.45, 2.75) is 19.4 Å². The highest BCUT2D eigenvalue weighted by molar-refractivity contribution is 5.74. The van der Waals surface area contributed by atoms with E-state index in [-0.39, 0.29) is 12.5 Å². The summed E-state index contributed by atoms with van der Waals surface area (Å²) in [4.78, 5) is 24.3. The number of carboxylic acid groups (broad SMARTS) is 1. The first kappa shape index (κ1) is 17.0. The van der Waals surface area contributed by atoms with Crippen molar-refractivity contribution in [3.63, 3.8) is 0 Å². The summed E-state index contributed by atoms with van der Waals surface area (Å²) >= 11 is 0. The zero-order valence-corrected chi connectivity index (χ0v) is 12.5. The van der Waals surface area contributed by atoms with E-state index in [1.807, 2.05) is 12.1 Å². The number of nitrogens with zero attached hydrogens (tertiary/aromatic N) is 1. The van der Waals surface area contributed by atoms with Crippen molar-refractivity contribution >= 4 is 12.0 Å². The average Bonchev–Trinajstić information content (AvgIpc) is 2.45. The van der Waals surface area contributed by atoms with Gasteiger partial charge in [-0.3, -0.25) is 4.79 Å². The largest absolute Gasteiger partial charge is 0.481 e. The minimum atomic E-state index is -0.884. The van der Waals surface area contributed by atoms with Crippen molar-refractivity contribution < 1.29 is 19.4 Å². The number of methoxy groups -OCH3 is 1. The molecule has 1 rings (SSSR count). The third kappa shape index (κ3) is 6.27. The van der Waals surface area contributed by atoms with E-state index in [4.69, 9.17) is 9.84 Å². The summed E-state index contributed by atoms with van der Waals surface area (Å²) in [6, 6.07) is 7.02. The second-order valence-electron chi connectivity index (χ2n) is 4.77. The van der Waals surface area contributed by atoms with E-state index in [1.54, 1.807) is 31.2 Å². The van der Waals surface area contributed by atoms with Crippen LogP contribution in [0.25, 0.3) is 0 Å². The summed E-state index contributed by atoms with van der Waals surface area (Å²) in [5, 5.41) is 11.7. The highest BCUT2D eigenvalue weighted by atomic mass is 16.5. The molecule has 0 radical (unpaired) electrons. The van der Waals surface area contributed by atoms with Gasteiger partial charge >= 0.3 is 12.0 Å². The lowest BCUT2D eigenvalue weighted by Gasteiger charge is -2.18. The monoisotopic (exact) mass is 294 g/mol. The van der Waals surface area contributed by atoms with Crippen LogP contribution in [0.3, 0.4) is 0 Å². The van der Waals surface area contributed by atoms with Gasteiger partial charge < -0.3 is 20.1 Å². The maximum absolute atomic E-state index is 11.9. The van der Waals surface area contributed by atoms with Crippen LogP contribution in [-0.4, -0.2) is 49.3 Å². The van der Waals surface area contributed by atoms with Crippen LogP contribution in [0.4, 0.5) is 4.79 Å². The Morgan fingerprint density at radius 2 is 1.95 bits per heavy atom. The first-order valence-corrected chi connectivity index (χ1v) is 6.81. The maximum Gasteiger partial charge on any atom is 0.317 e. The van der Waals surface area contributed by atoms with Crippen LogP contribution >= 0.6 is 0 Å². The van der Waals surface area contributed by atoms with Gasteiger partial charge in [-0.05, 0) is 17.5 Å². The summed E-state index contributed by atoms with van der Waals surface area (Å²) in [6.45, 7) is 1.53. The number of ether oxygens (including phenoxy) is 1. The number of nitrogens with one attached hydrogen (secondary N) is 1. The molecule has 0 aromatic heterocycles. The molecule has 1 aromatic rings. The van der Waals surface area contributed by atoms with Crippen LogP contribution in [0.15, 0.2) is 24.3 Å². The fourth-order valence-corrected chi connectivity index (χ4v) is 1.92. The Hall–Kier alpha value is -2.08. The van der Waals surface area contributed by atoms with Gasteiger partial charge in [-0.1, -0.05) is 24.3 Å². The number of carbonyl (C=O) groups excluding carboxylic acids is 1. The Labute approximate surface area is 124 Å². The van der Waals surface area contributed by atoms with E-state index in [0.717, 1.165) is 12.0 Å². The Morgan fingerprint density at radius 1 is 1.29 bits per heavy atom. The minimum absolute atomic E-state index is 0.0459. The molecule has 2 amide bonds. The fourth-order valence-electron chi connectivity index (χ4n) is 1.92. The molecule has 6 heteroatoms. The minimum Gasteiger partial charge on any atom is -0.481 e. The van der Waals surface area contributed by atoms with Crippen molar-refractivity contribution in [2.24, 2.45) is 0 Å². The number of hydrogen-bond donors (Lipinski definition) is 2. The molecule has 0 heterocycles.